The molecule has 1 saturated carbocycles. The third-order valence-electron chi connectivity index (χ3n) is 4.19. The number of rotatable bonds is 0. The van der Waals surface area contributed by atoms with E-state index in [9.17, 15) is 5.11 Å². The van der Waals surface area contributed by atoms with Gasteiger partial charge in [-0.25, -0.2) is 0 Å². The Morgan fingerprint density at radius 1 is 0.933 bits per heavy atom. The summed E-state index contributed by atoms with van der Waals surface area (Å²) in [5, 5.41) is 10.1. The van der Waals surface area contributed by atoms with Gasteiger partial charge >= 0.3 is 0 Å². The van der Waals surface area contributed by atoms with Crippen molar-refractivity contribution in [3.05, 3.63) is 0 Å². The van der Waals surface area contributed by atoms with E-state index >= 15 is 0 Å². The zero-order chi connectivity index (χ0) is 9.84. The monoisotopic (exact) mass is 214 g/mol. The van der Waals surface area contributed by atoms with Crippen molar-refractivity contribution in [3.63, 3.8) is 0 Å². The van der Waals surface area contributed by atoms with Gasteiger partial charge in [-0.1, -0.05) is 0 Å². The highest BCUT2D eigenvalue weighted by molar-refractivity contribution is 5.29. The molecule has 0 radical (unpaired) electrons. The third-order valence-corrected chi connectivity index (χ3v) is 4.19. The van der Waals surface area contributed by atoms with Gasteiger partial charge in [0.2, 0.25) is 0 Å². The Morgan fingerprint density at radius 2 is 1.47 bits per heavy atom. The average Bonchev–Trinajstić information content (AvgIpc) is 3.09. The second-order valence-electron chi connectivity index (χ2n) is 4.90. The van der Waals surface area contributed by atoms with Gasteiger partial charge in [0.05, 0.1) is 13.2 Å². The molecule has 6 fully saturated rings. The summed E-state index contributed by atoms with van der Waals surface area (Å²) in [7, 11) is 0. The normalized spacial score (nSPS) is 73.0. The number of aliphatic hydroxyl groups is 1. The Balaban J connectivity index is 1.70. The predicted octanol–water partition coefficient (Wildman–Crippen LogP) is -1.63. The number of hydrogen-bond acceptors (Lipinski definition) is 6. The molecule has 2 spiro atoms. The first-order chi connectivity index (χ1) is 7.26. The van der Waals surface area contributed by atoms with Crippen LogP contribution in [0.4, 0.5) is 0 Å². The average molecular weight is 214 g/mol. The minimum absolute atomic E-state index is 0.143. The summed E-state index contributed by atoms with van der Waals surface area (Å²) >= 11 is 0. The SMILES string of the molecule is OC1[C@H]2OC3OC([C@]24CO4)[C@]2(CO2)[C@@H]1O3. The largest absolute Gasteiger partial charge is 0.387 e. The Labute approximate surface area is 85.0 Å². The molecule has 6 rings (SSSR count). The molecule has 5 saturated heterocycles. The predicted molar refractivity (Wildman–Crippen MR) is 41.8 cm³/mol. The molecule has 82 valence electrons. The highest BCUT2D eigenvalue weighted by Gasteiger charge is 2.83. The maximum atomic E-state index is 10.1. The first kappa shape index (κ1) is 7.94. The Bertz CT molecular complexity index is 319. The van der Waals surface area contributed by atoms with Crippen molar-refractivity contribution >= 4 is 0 Å². The lowest BCUT2D eigenvalue weighted by molar-refractivity contribution is -0.474. The zero-order valence-electron chi connectivity index (χ0n) is 7.79. The summed E-state index contributed by atoms with van der Waals surface area (Å²) in [5.74, 6) is 0. The molecule has 0 aromatic heterocycles. The highest BCUT2D eigenvalue weighted by atomic mass is 16.9. The summed E-state index contributed by atoms with van der Waals surface area (Å²) in [6.45, 7) is 0.492. The maximum Gasteiger partial charge on any atom is 0.273 e. The number of hydrogen-bond donors (Lipinski definition) is 1. The van der Waals surface area contributed by atoms with Gasteiger partial charge < -0.3 is 28.8 Å². The van der Waals surface area contributed by atoms with Gasteiger partial charge in [-0.3, -0.25) is 0 Å². The van der Waals surface area contributed by atoms with Crippen LogP contribution in [-0.2, 0) is 23.7 Å². The Kier molecular flexibility index (Phi) is 1.04. The van der Waals surface area contributed by atoms with Gasteiger partial charge in [0.1, 0.15) is 35.6 Å². The summed E-state index contributed by atoms with van der Waals surface area (Å²) in [6.07, 6.45) is -1.47. The molecular formula is C9H10O6. The van der Waals surface area contributed by atoms with Crippen LogP contribution in [0.25, 0.3) is 0 Å². The summed E-state index contributed by atoms with van der Waals surface area (Å²) in [5.41, 5.74) is -0.959. The smallest absolute Gasteiger partial charge is 0.273 e. The van der Waals surface area contributed by atoms with Crippen molar-refractivity contribution in [3.8, 4) is 0 Å². The lowest BCUT2D eigenvalue weighted by atomic mass is 9.71. The van der Waals surface area contributed by atoms with Crippen molar-refractivity contribution in [2.45, 2.75) is 42.1 Å². The molecule has 1 aliphatic carbocycles. The van der Waals surface area contributed by atoms with Crippen LogP contribution in [0.2, 0.25) is 0 Å². The van der Waals surface area contributed by atoms with E-state index in [-0.39, 0.29) is 18.3 Å². The molecular weight excluding hydrogens is 204 g/mol. The molecule has 0 amide bonds. The fourth-order valence-electron chi connectivity index (χ4n) is 3.32. The molecule has 5 heterocycles. The molecule has 0 aromatic rings. The standard InChI is InChI=1S/C9H10O6/c10-3-4-8(1-11-8)6-9(2-12-9)5(3)14-7(13-4)15-6/h3-7,10H,1-2H2/t3?,4-,5-,6?,7?,8+,9+/m1/s1. The Hall–Kier alpha value is -0.240. The topological polar surface area (TPSA) is 73.0 Å². The second-order valence-corrected chi connectivity index (χ2v) is 4.90. The van der Waals surface area contributed by atoms with Gasteiger partial charge in [0.25, 0.3) is 6.48 Å². The minimum atomic E-state index is -0.675. The quantitative estimate of drug-likeness (QED) is 0.488. The van der Waals surface area contributed by atoms with Gasteiger partial charge in [-0.05, 0) is 0 Å². The van der Waals surface area contributed by atoms with E-state index in [4.69, 9.17) is 23.7 Å². The van der Waals surface area contributed by atoms with E-state index in [0.29, 0.717) is 13.2 Å². The van der Waals surface area contributed by atoms with Gasteiger partial charge in [0.15, 0.2) is 0 Å². The van der Waals surface area contributed by atoms with Crippen LogP contribution in [0, 0.1) is 0 Å². The van der Waals surface area contributed by atoms with E-state index in [0.717, 1.165) is 0 Å². The third kappa shape index (κ3) is 0.658. The molecule has 4 bridgehead atoms. The van der Waals surface area contributed by atoms with Crippen molar-refractivity contribution in [2.24, 2.45) is 0 Å². The molecule has 0 unspecified atom stereocenters. The van der Waals surface area contributed by atoms with Crippen LogP contribution < -0.4 is 0 Å². The van der Waals surface area contributed by atoms with E-state index < -0.39 is 23.8 Å². The summed E-state index contributed by atoms with van der Waals surface area (Å²) in [4.78, 5) is 0. The van der Waals surface area contributed by atoms with Crippen molar-refractivity contribution in [1.82, 2.24) is 0 Å². The van der Waals surface area contributed by atoms with Crippen LogP contribution in [0.5, 0.6) is 0 Å². The van der Waals surface area contributed by atoms with Crippen molar-refractivity contribution < 1.29 is 28.8 Å². The fourth-order valence-corrected chi connectivity index (χ4v) is 3.32. The van der Waals surface area contributed by atoms with Crippen molar-refractivity contribution in [2.75, 3.05) is 13.2 Å². The van der Waals surface area contributed by atoms with Gasteiger partial charge in [0, 0.05) is 0 Å². The molecule has 15 heavy (non-hydrogen) atoms. The molecule has 5 aliphatic heterocycles. The van der Waals surface area contributed by atoms with Gasteiger partial charge in [-0.15, -0.1) is 0 Å². The number of epoxide rings is 2. The van der Waals surface area contributed by atoms with E-state index in [1.165, 1.54) is 0 Å². The van der Waals surface area contributed by atoms with Crippen LogP contribution >= 0.6 is 0 Å². The van der Waals surface area contributed by atoms with Crippen LogP contribution in [0.15, 0.2) is 0 Å². The minimum Gasteiger partial charge on any atom is -0.387 e. The number of ether oxygens (including phenoxy) is 5. The molecule has 6 aliphatic rings. The number of aliphatic hydroxyl groups excluding tert-OH is 1. The summed E-state index contributed by atoms with van der Waals surface area (Å²) < 4.78 is 27.5. The van der Waals surface area contributed by atoms with E-state index in [1.54, 1.807) is 0 Å². The van der Waals surface area contributed by atoms with Crippen molar-refractivity contribution in [1.29, 1.82) is 0 Å². The second kappa shape index (κ2) is 1.97. The molecule has 6 nitrogen and oxygen atoms in total. The zero-order valence-corrected chi connectivity index (χ0v) is 7.79. The van der Waals surface area contributed by atoms with E-state index in [2.05, 4.69) is 0 Å². The fraction of sp³-hybridized carbons (Fsp3) is 1.00. The first-order valence-electron chi connectivity index (χ1n) is 5.19. The Morgan fingerprint density at radius 3 is 1.93 bits per heavy atom. The highest BCUT2D eigenvalue weighted by Crippen LogP contribution is 2.61. The van der Waals surface area contributed by atoms with E-state index in [1.807, 2.05) is 0 Å². The molecule has 6 heteroatoms. The van der Waals surface area contributed by atoms with Crippen LogP contribution in [-0.4, -0.2) is 60.4 Å². The molecule has 1 N–H and O–H groups in total. The van der Waals surface area contributed by atoms with Gasteiger partial charge in [-0.2, -0.15) is 0 Å². The molecule has 0 aromatic carbocycles. The summed E-state index contributed by atoms with van der Waals surface area (Å²) in [6, 6.07) is 0. The van der Waals surface area contributed by atoms with Crippen LogP contribution in [0.1, 0.15) is 0 Å². The lowest BCUT2D eigenvalue weighted by Crippen LogP contribution is -2.78. The van der Waals surface area contributed by atoms with Crippen LogP contribution in [0.3, 0.4) is 0 Å². The maximum absolute atomic E-state index is 10.1. The first-order valence-corrected chi connectivity index (χ1v) is 5.19. The molecule has 4 atom stereocenters. The lowest BCUT2D eigenvalue weighted by Gasteiger charge is -2.57.